The average molecular weight is 512 g/mol. The zero-order valence-electron chi connectivity index (χ0n) is 19.5. The van der Waals surface area contributed by atoms with Crippen molar-refractivity contribution in [2.45, 2.75) is 13.8 Å². The first kappa shape index (κ1) is 27.4. The monoisotopic (exact) mass is 511 g/mol. The molecule has 1 amide bonds. The Kier molecular flexibility index (Phi) is 9.74. The van der Waals surface area contributed by atoms with Crippen LogP contribution >= 0.6 is 0 Å². The summed E-state index contributed by atoms with van der Waals surface area (Å²) in [6.45, 7) is 3.57. The SMILES string of the molecule is CC(=O)Nc1cccc(N=Cc2ccc(N(CCOS(C)(=O)=O)CCOS(C)(=O)=O)cc2C)c1. The average Bonchev–Trinajstić information content (AvgIpc) is 2.70. The summed E-state index contributed by atoms with van der Waals surface area (Å²) in [5.74, 6) is -0.166. The van der Waals surface area contributed by atoms with Gasteiger partial charge in [0, 0.05) is 37.6 Å². The van der Waals surface area contributed by atoms with Gasteiger partial charge < -0.3 is 10.2 Å². The molecule has 12 heteroatoms. The molecule has 0 aromatic heterocycles. The van der Waals surface area contributed by atoms with Gasteiger partial charge in [0.15, 0.2) is 0 Å². The van der Waals surface area contributed by atoms with Crippen LogP contribution in [0.3, 0.4) is 0 Å². The van der Waals surface area contributed by atoms with Crippen molar-refractivity contribution in [3.63, 3.8) is 0 Å². The second kappa shape index (κ2) is 12.1. The van der Waals surface area contributed by atoms with E-state index in [1.807, 2.05) is 31.2 Å². The van der Waals surface area contributed by atoms with Gasteiger partial charge in [-0.15, -0.1) is 0 Å². The van der Waals surface area contributed by atoms with Crippen LogP contribution < -0.4 is 10.2 Å². The molecule has 1 N–H and O–H groups in total. The highest BCUT2D eigenvalue weighted by molar-refractivity contribution is 7.86. The summed E-state index contributed by atoms with van der Waals surface area (Å²) in [6, 6.07) is 12.7. The molecule has 0 saturated heterocycles. The van der Waals surface area contributed by atoms with Crippen LogP contribution in [0.4, 0.5) is 17.1 Å². The Balaban J connectivity index is 2.17. The smallest absolute Gasteiger partial charge is 0.264 e. The molecule has 2 aromatic rings. The lowest BCUT2D eigenvalue weighted by molar-refractivity contribution is -0.114. The van der Waals surface area contributed by atoms with Crippen molar-refractivity contribution in [3.8, 4) is 0 Å². The van der Waals surface area contributed by atoms with Crippen LogP contribution in [0.15, 0.2) is 47.5 Å². The van der Waals surface area contributed by atoms with Gasteiger partial charge in [-0.3, -0.25) is 18.2 Å². The quantitative estimate of drug-likeness (QED) is 0.340. The number of nitrogens with zero attached hydrogens (tertiary/aromatic N) is 2. The molecule has 0 aliphatic rings. The highest BCUT2D eigenvalue weighted by Gasteiger charge is 2.12. The van der Waals surface area contributed by atoms with Crippen molar-refractivity contribution in [2.75, 3.05) is 49.0 Å². The number of aliphatic imine (C=N–C) groups is 1. The second-order valence-electron chi connectivity index (χ2n) is 7.57. The maximum absolute atomic E-state index is 11.3. The Bertz CT molecular complexity index is 1200. The van der Waals surface area contributed by atoms with Gasteiger partial charge in [0.2, 0.25) is 5.91 Å². The summed E-state index contributed by atoms with van der Waals surface area (Å²) >= 11 is 0. The maximum Gasteiger partial charge on any atom is 0.264 e. The molecular formula is C22H29N3O7S2. The van der Waals surface area contributed by atoms with Crippen LogP contribution in [0.25, 0.3) is 0 Å². The molecule has 0 aliphatic carbocycles. The maximum atomic E-state index is 11.3. The van der Waals surface area contributed by atoms with E-state index in [-0.39, 0.29) is 32.2 Å². The summed E-state index contributed by atoms with van der Waals surface area (Å²) in [5.41, 5.74) is 3.83. The lowest BCUT2D eigenvalue weighted by Crippen LogP contribution is -2.32. The fourth-order valence-corrected chi connectivity index (χ4v) is 3.73. The highest BCUT2D eigenvalue weighted by atomic mass is 32.2. The van der Waals surface area contributed by atoms with E-state index in [0.717, 1.165) is 29.3 Å². The van der Waals surface area contributed by atoms with Crippen LogP contribution in [-0.4, -0.2) is 67.8 Å². The van der Waals surface area contributed by atoms with Crippen LogP contribution in [0.1, 0.15) is 18.1 Å². The van der Waals surface area contributed by atoms with E-state index < -0.39 is 20.2 Å². The molecular weight excluding hydrogens is 482 g/mol. The summed E-state index contributed by atoms with van der Waals surface area (Å²) < 4.78 is 54.8. The molecule has 0 spiro atoms. The molecule has 10 nitrogen and oxygen atoms in total. The molecule has 0 bridgehead atoms. The Hall–Kier alpha value is -2.80. The predicted octanol–water partition coefficient (Wildman–Crippen LogP) is 2.46. The van der Waals surface area contributed by atoms with Crippen molar-refractivity contribution in [1.29, 1.82) is 0 Å². The molecule has 0 aliphatic heterocycles. The van der Waals surface area contributed by atoms with Crippen LogP contribution in [-0.2, 0) is 33.4 Å². The number of carbonyl (C=O) groups is 1. The third-order valence-electron chi connectivity index (χ3n) is 4.45. The summed E-state index contributed by atoms with van der Waals surface area (Å²) in [7, 11) is -7.20. The van der Waals surface area contributed by atoms with E-state index in [1.54, 1.807) is 29.3 Å². The number of aryl methyl sites for hydroxylation is 1. The third-order valence-corrected chi connectivity index (χ3v) is 5.64. The van der Waals surface area contributed by atoms with E-state index in [4.69, 9.17) is 8.37 Å². The molecule has 186 valence electrons. The Morgan fingerprint density at radius 1 is 1.00 bits per heavy atom. The number of benzene rings is 2. The molecule has 0 fully saturated rings. The molecule has 0 heterocycles. The van der Waals surface area contributed by atoms with Crippen molar-refractivity contribution in [2.24, 2.45) is 4.99 Å². The number of nitrogens with one attached hydrogen (secondary N) is 1. The zero-order chi connectivity index (χ0) is 25.4. The largest absolute Gasteiger partial charge is 0.367 e. The first-order valence-corrected chi connectivity index (χ1v) is 13.9. The Morgan fingerprint density at radius 2 is 1.62 bits per heavy atom. The fraction of sp³-hybridized carbons (Fsp3) is 0.364. The van der Waals surface area contributed by atoms with Gasteiger partial charge >= 0.3 is 0 Å². The van der Waals surface area contributed by atoms with Gasteiger partial charge in [-0.2, -0.15) is 16.8 Å². The lowest BCUT2D eigenvalue weighted by Gasteiger charge is -2.25. The minimum atomic E-state index is -3.60. The number of hydrogen-bond donors (Lipinski definition) is 1. The molecule has 0 saturated carbocycles. The van der Waals surface area contributed by atoms with Crippen LogP contribution in [0.5, 0.6) is 0 Å². The lowest BCUT2D eigenvalue weighted by atomic mass is 10.1. The second-order valence-corrected chi connectivity index (χ2v) is 10.9. The molecule has 0 atom stereocenters. The first-order valence-electron chi connectivity index (χ1n) is 10.3. The van der Waals surface area contributed by atoms with E-state index in [9.17, 15) is 21.6 Å². The van der Waals surface area contributed by atoms with Gasteiger partial charge in [-0.25, -0.2) is 0 Å². The van der Waals surface area contributed by atoms with Crippen molar-refractivity contribution in [1.82, 2.24) is 0 Å². The van der Waals surface area contributed by atoms with Gasteiger partial charge in [0.05, 0.1) is 31.4 Å². The Morgan fingerprint density at radius 3 is 2.15 bits per heavy atom. The number of amides is 1. The van der Waals surface area contributed by atoms with E-state index in [0.29, 0.717) is 11.4 Å². The number of carbonyl (C=O) groups excluding carboxylic acids is 1. The molecule has 2 rings (SSSR count). The minimum absolute atomic E-state index is 0.0927. The van der Waals surface area contributed by atoms with Crippen molar-refractivity contribution >= 4 is 49.4 Å². The van der Waals surface area contributed by atoms with Gasteiger partial charge in [-0.1, -0.05) is 12.1 Å². The van der Waals surface area contributed by atoms with Gasteiger partial charge in [0.25, 0.3) is 20.2 Å². The Labute approximate surface area is 200 Å². The molecule has 0 unspecified atom stereocenters. The summed E-state index contributed by atoms with van der Waals surface area (Å²) in [6.07, 6.45) is 3.64. The topological polar surface area (TPSA) is 131 Å². The number of rotatable bonds is 12. The summed E-state index contributed by atoms with van der Waals surface area (Å²) in [5, 5.41) is 2.71. The van der Waals surface area contributed by atoms with Gasteiger partial charge in [0.1, 0.15) is 0 Å². The standard InChI is InChI=1S/C22H29N3O7S2/c1-17-14-22(25(10-12-31-33(3,27)28)11-13-32-34(4,29)30)9-8-19(17)16-23-20-6-5-7-21(15-20)24-18(2)26/h5-9,14-16H,10-13H2,1-4H3,(H,24,26). The minimum Gasteiger partial charge on any atom is -0.367 e. The highest BCUT2D eigenvalue weighted by Crippen LogP contribution is 2.21. The van der Waals surface area contributed by atoms with Gasteiger partial charge in [-0.05, 0) is 48.4 Å². The summed E-state index contributed by atoms with van der Waals surface area (Å²) in [4.78, 5) is 17.5. The van der Waals surface area contributed by atoms with Crippen LogP contribution in [0, 0.1) is 6.92 Å². The third kappa shape index (κ3) is 10.4. The van der Waals surface area contributed by atoms with Crippen molar-refractivity contribution < 1.29 is 30.0 Å². The zero-order valence-corrected chi connectivity index (χ0v) is 21.1. The first-order chi connectivity index (χ1) is 15.8. The molecule has 34 heavy (non-hydrogen) atoms. The van der Waals surface area contributed by atoms with E-state index >= 15 is 0 Å². The van der Waals surface area contributed by atoms with E-state index in [1.165, 1.54) is 6.92 Å². The normalized spacial score (nSPS) is 12.1. The van der Waals surface area contributed by atoms with E-state index in [2.05, 4.69) is 10.3 Å². The van der Waals surface area contributed by atoms with Crippen LogP contribution in [0.2, 0.25) is 0 Å². The number of anilines is 2. The van der Waals surface area contributed by atoms with Crippen molar-refractivity contribution in [3.05, 3.63) is 53.6 Å². The predicted molar refractivity (Wildman–Crippen MR) is 133 cm³/mol. The molecule has 2 aromatic carbocycles. The fourth-order valence-electron chi connectivity index (χ4n) is 2.98. The number of hydrogen-bond acceptors (Lipinski definition) is 9. The molecule has 0 radical (unpaired) electrons.